The van der Waals surface area contributed by atoms with Crippen LogP contribution in [0.4, 0.5) is 11.5 Å². The number of halogens is 1. The highest BCUT2D eigenvalue weighted by Crippen LogP contribution is 2.39. The first-order chi connectivity index (χ1) is 17.4. The zero-order chi connectivity index (χ0) is 25.7. The predicted molar refractivity (Wildman–Crippen MR) is 136 cm³/mol. The smallest absolute Gasteiger partial charge is 0.338 e. The number of nitrogens with zero attached hydrogens (tertiary/aromatic N) is 2. The van der Waals surface area contributed by atoms with Crippen molar-refractivity contribution in [3.63, 3.8) is 0 Å². The van der Waals surface area contributed by atoms with Crippen LogP contribution in [0.2, 0.25) is 5.02 Å². The van der Waals surface area contributed by atoms with Crippen molar-refractivity contribution in [2.45, 2.75) is 38.8 Å². The molecule has 1 aliphatic heterocycles. The molecule has 188 valence electrons. The number of nitrogens with one attached hydrogen (secondary N) is 2. The van der Waals surface area contributed by atoms with Gasteiger partial charge in [-0.2, -0.15) is 5.10 Å². The van der Waals surface area contributed by atoms with Crippen molar-refractivity contribution >= 4 is 40.9 Å². The fourth-order valence-electron chi connectivity index (χ4n) is 3.94. The third-order valence-electron chi connectivity index (χ3n) is 5.75. The van der Waals surface area contributed by atoms with Gasteiger partial charge in [0.1, 0.15) is 11.9 Å². The van der Waals surface area contributed by atoms with Gasteiger partial charge in [-0.25, -0.2) is 9.48 Å². The van der Waals surface area contributed by atoms with Crippen molar-refractivity contribution in [2.24, 2.45) is 0 Å². The molecule has 2 aromatic carbocycles. The summed E-state index contributed by atoms with van der Waals surface area (Å²) < 4.78 is 12.0. The Morgan fingerprint density at radius 3 is 2.53 bits per heavy atom. The van der Waals surface area contributed by atoms with Gasteiger partial charge >= 0.3 is 5.97 Å². The van der Waals surface area contributed by atoms with Gasteiger partial charge in [-0.1, -0.05) is 37.1 Å². The minimum absolute atomic E-state index is 0.117. The van der Waals surface area contributed by atoms with Crippen molar-refractivity contribution in [2.75, 3.05) is 24.4 Å². The van der Waals surface area contributed by atoms with Gasteiger partial charge < -0.3 is 20.1 Å². The van der Waals surface area contributed by atoms with E-state index in [1.165, 1.54) is 4.68 Å². The summed E-state index contributed by atoms with van der Waals surface area (Å²) in [6.07, 6.45) is 1.63. The number of amides is 2. The lowest BCUT2D eigenvalue weighted by molar-refractivity contribution is -0.123. The van der Waals surface area contributed by atoms with E-state index in [1.54, 1.807) is 43.5 Å². The summed E-state index contributed by atoms with van der Waals surface area (Å²) >= 11 is 6.03. The number of methoxy groups -OCH3 is 1. The Morgan fingerprint density at radius 1 is 1.14 bits per heavy atom. The quantitative estimate of drug-likeness (QED) is 0.298. The lowest BCUT2D eigenvalue weighted by Gasteiger charge is -2.11. The molecule has 0 spiro atoms. The summed E-state index contributed by atoms with van der Waals surface area (Å²) in [5.41, 5.74) is 3.10. The highest BCUT2D eigenvalue weighted by atomic mass is 35.5. The Bertz CT molecular complexity index is 1250. The van der Waals surface area contributed by atoms with Crippen molar-refractivity contribution in [3.8, 4) is 11.1 Å². The second-order valence-corrected chi connectivity index (χ2v) is 8.82. The maximum atomic E-state index is 12.8. The third kappa shape index (κ3) is 5.58. The van der Waals surface area contributed by atoms with Crippen LogP contribution in [-0.2, 0) is 25.7 Å². The molecule has 2 heterocycles. The molecule has 1 aliphatic rings. The van der Waals surface area contributed by atoms with E-state index >= 15 is 0 Å². The number of unbranched alkanes of at least 4 members (excludes halogenated alkanes) is 1. The van der Waals surface area contributed by atoms with Crippen LogP contribution in [0, 0.1) is 0 Å². The molecule has 1 unspecified atom stereocenters. The largest absolute Gasteiger partial charge is 0.462 e. The zero-order valence-electron chi connectivity index (χ0n) is 20.0. The maximum absolute atomic E-state index is 12.8. The van der Waals surface area contributed by atoms with Gasteiger partial charge in [-0.15, -0.1) is 0 Å². The van der Waals surface area contributed by atoms with Crippen LogP contribution >= 0.6 is 11.6 Å². The molecule has 36 heavy (non-hydrogen) atoms. The molecule has 0 bridgehead atoms. The lowest BCUT2D eigenvalue weighted by Crippen LogP contribution is -2.24. The lowest BCUT2D eigenvalue weighted by atomic mass is 10.1. The molecule has 0 saturated heterocycles. The molecule has 2 N–H and O–H groups in total. The maximum Gasteiger partial charge on any atom is 0.338 e. The van der Waals surface area contributed by atoms with Crippen LogP contribution in [0.3, 0.4) is 0 Å². The van der Waals surface area contributed by atoms with Gasteiger partial charge in [0.15, 0.2) is 0 Å². The van der Waals surface area contributed by atoms with E-state index in [9.17, 15) is 14.4 Å². The Balaban J connectivity index is 1.47. The molecule has 0 saturated carbocycles. The number of aromatic nitrogens is 2. The first-order valence-electron chi connectivity index (χ1n) is 11.7. The minimum atomic E-state index is -0.815. The topological polar surface area (TPSA) is 112 Å². The minimum Gasteiger partial charge on any atom is -0.462 e. The van der Waals surface area contributed by atoms with E-state index in [-0.39, 0.29) is 24.8 Å². The molecule has 0 radical (unpaired) electrons. The van der Waals surface area contributed by atoms with E-state index in [0.717, 1.165) is 24.0 Å². The second kappa shape index (κ2) is 11.4. The van der Waals surface area contributed by atoms with Crippen molar-refractivity contribution in [3.05, 3.63) is 64.8 Å². The number of rotatable bonds is 10. The van der Waals surface area contributed by atoms with Crippen LogP contribution in [0.1, 0.15) is 48.3 Å². The normalized spacial score (nSPS) is 14.3. The second-order valence-electron chi connectivity index (χ2n) is 8.38. The highest BCUT2D eigenvalue weighted by molar-refractivity contribution is 6.30. The summed E-state index contributed by atoms with van der Waals surface area (Å²) in [7, 11) is 1.57. The first kappa shape index (κ1) is 25.4. The van der Waals surface area contributed by atoms with E-state index < -0.39 is 12.0 Å². The average molecular weight is 511 g/mol. The Morgan fingerprint density at radius 2 is 1.86 bits per heavy atom. The fourth-order valence-corrected chi connectivity index (χ4v) is 4.07. The standard InChI is InChI=1S/C26H27ClN4O5/c1-3-4-13-36-26(34)17-7-11-19(12-8-17)28-22(32)14-21-25(33)29-24-23(16-5-9-18(27)10-6-16)20(15-35-2)30-31(21)24/h5-12,21H,3-4,13-15H2,1-2H3,(H,28,32)(H,29,33). The number of benzene rings is 2. The summed E-state index contributed by atoms with van der Waals surface area (Å²) in [6.45, 7) is 2.63. The van der Waals surface area contributed by atoms with Gasteiger partial charge in [0, 0.05) is 23.4 Å². The number of fused-ring (bicyclic) bond motifs is 1. The molecule has 2 amide bonds. The van der Waals surface area contributed by atoms with Crippen LogP contribution in [0.5, 0.6) is 0 Å². The number of hydrogen-bond donors (Lipinski definition) is 2. The van der Waals surface area contributed by atoms with E-state index in [0.29, 0.717) is 34.4 Å². The molecular weight excluding hydrogens is 484 g/mol. The first-order valence-corrected chi connectivity index (χ1v) is 12.0. The monoisotopic (exact) mass is 510 g/mol. The Labute approximate surface area is 213 Å². The van der Waals surface area contributed by atoms with E-state index in [4.69, 9.17) is 21.1 Å². The summed E-state index contributed by atoms with van der Waals surface area (Å²) in [4.78, 5) is 37.6. The molecule has 10 heteroatoms. The predicted octanol–water partition coefficient (Wildman–Crippen LogP) is 4.83. The number of hydrogen-bond acceptors (Lipinski definition) is 6. The summed E-state index contributed by atoms with van der Waals surface area (Å²) in [5, 5.41) is 10.8. The van der Waals surface area contributed by atoms with E-state index in [2.05, 4.69) is 15.7 Å². The SMILES string of the molecule is CCCCOC(=O)c1ccc(NC(=O)CC2C(=O)Nc3c(-c4ccc(Cl)cc4)c(COC)nn32)cc1. The van der Waals surface area contributed by atoms with Crippen LogP contribution in [-0.4, -0.2) is 41.3 Å². The van der Waals surface area contributed by atoms with Crippen LogP contribution in [0.25, 0.3) is 11.1 Å². The Hall–Kier alpha value is -3.69. The van der Waals surface area contributed by atoms with Crippen molar-refractivity contribution in [1.82, 2.24) is 9.78 Å². The van der Waals surface area contributed by atoms with Gasteiger partial charge in [0.2, 0.25) is 5.91 Å². The third-order valence-corrected chi connectivity index (χ3v) is 6.00. The fraction of sp³-hybridized carbons (Fsp3) is 0.308. The number of ether oxygens (including phenoxy) is 2. The Kier molecular flexibility index (Phi) is 8.02. The van der Waals surface area contributed by atoms with Gasteiger partial charge in [-0.05, 0) is 48.4 Å². The molecule has 0 fully saturated rings. The average Bonchev–Trinajstić information content (AvgIpc) is 3.35. The highest BCUT2D eigenvalue weighted by Gasteiger charge is 2.37. The molecule has 1 atom stereocenters. The molecule has 1 aromatic heterocycles. The van der Waals surface area contributed by atoms with E-state index in [1.807, 2.05) is 19.1 Å². The van der Waals surface area contributed by atoms with Gasteiger partial charge in [-0.3, -0.25) is 9.59 Å². The number of esters is 1. The van der Waals surface area contributed by atoms with Gasteiger partial charge in [0.25, 0.3) is 5.91 Å². The molecule has 4 rings (SSSR count). The number of carbonyl (C=O) groups is 3. The number of carbonyl (C=O) groups excluding carboxylic acids is 3. The van der Waals surface area contributed by atoms with Crippen LogP contribution < -0.4 is 10.6 Å². The summed E-state index contributed by atoms with van der Waals surface area (Å²) in [6, 6.07) is 12.8. The van der Waals surface area contributed by atoms with Gasteiger partial charge in [0.05, 0.1) is 30.9 Å². The molecule has 9 nitrogen and oxygen atoms in total. The zero-order valence-corrected chi connectivity index (χ0v) is 20.8. The van der Waals surface area contributed by atoms with Crippen LogP contribution in [0.15, 0.2) is 48.5 Å². The van der Waals surface area contributed by atoms with Crippen molar-refractivity contribution in [1.29, 1.82) is 0 Å². The van der Waals surface area contributed by atoms with Crippen molar-refractivity contribution < 1.29 is 23.9 Å². The molecule has 0 aliphatic carbocycles. The molecular formula is C26H27ClN4O5. The summed E-state index contributed by atoms with van der Waals surface area (Å²) in [5.74, 6) is -0.577. The number of anilines is 2. The molecule has 3 aromatic rings.